The van der Waals surface area contributed by atoms with Gasteiger partial charge in [-0.2, -0.15) is 4.31 Å². The van der Waals surface area contributed by atoms with Crippen LogP contribution in [0.3, 0.4) is 0 Å². The predicted molar refractivity (Wildman–Crippen MR) is 99.4 cm³/mol. The summed E-state index contributed by atoms with van der Waals surface area (Å²) in [4.78, 5) is 0.0857. The number of halogens is 2. The number of rotatable bonds is 6. The number of sulfonamides is 1. The highest BCUT2D eigenvalue weighted by Gasteiger charge is 2.23. The summed E-state index contributed by atoms with van der Waals surface area (Å²) in [6.07, 6.45) is 0. The summed E-state index contributed by atoms with van der Waals surface area (Å²) in [7, 11) is 0.886. The summed E-state index contributed by atoms with van der Waals surface area (Å²) in [6, 6.07) is 7.83. The number of benzene rings is 2. The highest BCUT2D eigenvalue weighted by molar-refractivity contribution is 7.89. The number of methoxy groups -OCH3 is 2. The Morgan fingerprint density at radius 3 is 2.16 bits per heavy atom. The first-order valence-corrected chi connectivity index (χ1v) is 9.53. The van der Waals surface area contributed by atoms with Crippen LogP contribution in [-0.4, -0.2) is 34.0 Å². The van der Waals surface area contributed by atoms with Crippen LogP contribution >= 0.6 is 23.2 Å². The molecule has 0 atom stereocenters. The Morgan fingerprint density at radius 2 is 1.60 bits per heavy atom. The average Bonchev–Trinajstić information content (AvgIpc) is 2.58. The highest BCUT2D eigenvalue weighted by Crippen LogP contribution is 2.32. The molecule has 8 heteroatoms. The quantitative estimate of drug-likeness (QED) is 0.726. The van der Waals surface area contributed by atoms with Crippen LogP contribution in [-0.2, 0) is 16.6 Å². The van der Waals surface area contributed by atoms with E-state index in [1.165, 1.54) is 36.7 Å². The molecular weight excluding hydrogens is 385 g/mol. The second kappa shape index (κ2) is 7.83. The maximum atomic E-state index is 12.8. The van der Waals surface area contributed by atoms with Crippen molar-refractivity contribution < 1.29 is 17.9 Å². The van der Waals surface area contributed by atoms with Crippen LogP contribution in [0, 0.1) is 6.92 Å². The van der Waals surface area contributed by atoms with Crippen LogP contribution in [0.2, 0.25) is 10.0 Å². The maximum absolute atomic E-state index is 12.8. The third kappa shape index (κ3) is 4.20. The monoisotopic (exact) mass is 403 g/mol. The molecule has 0 N–H and O–H groups in total. The third-order valence-corrected chi connectivity index (χ3v) is 6.37. The molecule has 2 aromatic rings. The van der Waals surface area contributed by atoms with Gasteiger partial charge in [-0.1, -0.05) is 23.2 Å². The van der Waals surface area contributed by atoms with Crippen molar-refractivity contribution in [1.29, 1.82) is 0 Å². The van der Waals surface area contributed by atoms with Crippen LogP contribution in [0.1, 0.15) is 11.1 Å². The zero-order chi connectivity index (χ0) is 18.8. The SMILES string of the molecule is COc1cc(C)c(CN(C)S(=O)(=O)c2ccc(Cl)c(Cl)c2)cc1OC. The van der Waals surface area contributed by atoms with E-state index < -0.39 is 10.0 Å². The van der Waals surface area contributed by atoms with Crippen LogP contribution in [0.5, 0.6) is 11.5 Å². The maximum Gasteiger partial charge on any atom is 0.243 e. The van der Waals surface area contributed by atoms with Gasteiger partial charge in [0.1, 0.15) is 0 Å². The van der Waals surface area contributed by atoms with Gasteiger partial charge in [-0.15, -0.1) is 0 Å². The number of nitrogens with zero attached hydrogens (tertiary/aromatic N) is 1. The summed E-state index contributed by atoms with van der Waals surface area (Å²) >= 11 is 11.8. The molecule has 0 radical (unpaired) electrons. The molecule has 0 unspecified atom stereocenters. The van der Waals surface area contributed by atoms with E-state index in [4.69, 9.17) is 32.7 Å². The van der Waals surface area contributed by atoms with Crippen molar-refractivity contribution in [2.45, 2.75) is 18.4 Å². The van der Waals surface area contributed by atoms with E-state index in [1.807, 2.05) is 13.0 Å². The minimum Gasteiger partial charge on any atom is -0.493 e. The molecule has 5 nitrogen and oxygen atoms in total. The van der Waals surface area contributed by atoms with E-state index in [-0.39, 0.29) is 16.5 Å². The summed E-state index contributed by atoms with van der Waals surface area (Å²) < 4.78 is 37.3. The predicted octanol–water partition coefficient (Wildman–Crippen LogP) is 4.14. The molecule has 0 aliphatic rings. The van der Waals surface area contributed by atoms with Crippen molar-refractivity contribution >= 4 is 33.2 Å². The van der Waals surface area contributed by atoms with Gasteiger partial charge in [0.2, 0.25) is 10.0 Å². The number of ether oxygens (including phenoxy) is 2. The minimum absolute atomic E-state index is 0.0857. The molecule has 0 bridgehead atoms. The topological polar surface area (TPSA) is 55.8 Å². The molecule has 0 spiro atoms. The Balaban J connectivity index is 2.35. The van der Waals surface area contributed by atoms with E-state index in [1.54, 1.807) is 13.2 Å². The molecule has 0 aliphatic heterocycles. The molecule has 0 aliphatic carbocycles. The third-order valence-electron chi connectivity index (χ3n) is 3.83. The Labute approximate surface area is 158 Å². The van der Waals surface area contributed by atoms with Gasteiger partial charge in [0.05, 0.1) is 29.2 Å². The number of hydrogen-bond donors (Lipinski definition) is 0. The zero-order valence-electron chi connectivity index (χ0n) is 14.3. The lowest BCUT2D eigenvalue weighted by Gasteiger charge is -2.20. The Kier molecular flexibility index (Phi) is 6.21. The molecule has 2 aromatic carbocycles. The molecule has 0 aromatic heterocycles. The van der Waals surface area contributed by atoms with Gasteiger partial charge in [-0.3, -0.25) is 0 Å². The summed E-state index contributed by atoms with van der Waals surface area (Å²) in [5, 5.41) is 0.498. The van der Waals surface area contributed by atoms with Crippen LogP contribution in [0.15, 0.2) is 35.2 Å². The molecule has 25 heavy (non-hydrogen) atoms. The molecule has 0 saturated carbocycles. The second-order valence-electron chi connectivity index (χ2n) is 5.47. The first-order chi connectivity index (χ1) is 11.7. The lowest BCUT2D eigenvalue weighted by Crippen LogP contribution is -2.26. The summed E-state index contributed by atoms with van der Waals surface area (Å²) in [5.74, 6) is 1.14. The normalized spacial score (nSPS) is 11.6. The van der Waals surface area contributed by atoms with E-state index >= 15 is 0 Å². The smallest absolute Gasteiger partial charge is 0.243 e. The lowest BCUT2D eigenvalue weighted by atomic mass is 10.1. The first-order valence-electron chi connectivity index (χ1n) is 7.33. The molecule has 0 fully saturated rings. The van der Waals surface area contributed by atoms with E-state index in [0.29, 0.717) is 16.5 Å². The van der Waals surface area contributed by atoms with Gasteiger partial charge in [0, 0.05) is 13.6 Å². The van der Waals surface area contributed by atoms with Gasteiger partial charge in [0.15, 0.2) is 11.5 Å². The van der Waals surface area contributed by atoms with Crippen molar-refractivity contribution in [3.05, 3.63) is 51.5 Å². The molecule has 0 saturated heterocycles. The van der Waals surface area contributed by atoms with Crippen molar-refractivity contribution in [2.24, 2.45) is 0 Å². The summed E-state index contributed by atoms with van der Waals surface area (Å²) in [6.45, 7) is 2.06. The van der Waals surface area contributed by atoms with Crippen molar-refractivity contribution in [3.63, 3.8) is 0 Å². The van der Waals surface area contributed by atoms with Gasteiger partial charge in [-0.25, -0.2) is 8.42 Å². The van der Waals surface area contributed by atoms with Gasteiger partial charge >= 0.3 is 0 Å². The fourth-order valence-corrected chi connectivity index (χ4v) is 3.87. The standard InChI is InChI=1S/C17H19Cl2NO4S/c1-11-7-16(23-3)17(24-4)8-12(11)10-20(2)25(21,22)13-5-6-14(18)15(19)9-13/h5-9H,10H2,1-4H3. The fraction of sp³-hybridized carbons (Fsp3) is 0.294. The van der Waals surface area contributed by atoms with Crippen molar-refractivity contribution in [3.8, 4) is 11.5 Å². The molecule has 0 amide bonds. The number of hydrogen-bond acceptors (Lipinski definition) is 4. The molecular formula is C17H19Cl2NO4S. The largest absolute Gasteiger partial charge is 0.493 e. The molecule has 2 rings (SSSR count). The van der Waals surface area contributed by atoms with Crippen molar-refractivity contribution in [2.75, 3.05) is 21.3 Å². The first kappa shape index (κ1) is 19.8. The van der Waals surface area contributed by atoms with E-state index in [2.05, 4.69) is 0 Å². The summed E-state index contributed by atoms with van der Waals surface area (Å²) in [5.41, 5.74) is 1.71. The Hall–Kier alpha value is -1.47. The molecule has 0 heterocycles. The number of aryl methyl sites for hydroxylation is 1. The van der Waals surface area contributed by atoms with Gasteiger partial charge < -0.3 is 9.47 Å². The second-order valence-corrected chi connectivity index (χ2v) is 8.33. The van der Waals surface area contributed by atoms with E-state index in [0.717, 1.165) is 11.1 Å². The van der Waals surface area contributed by atoms with Crippen molar-refractivity contribution in [1.82, 2.24) is 4.31 Å². The Morgan fingerprint density at radius 1 is 1.00 bits per heavy atom. The van der Waals surface area contributed by atoms with E-state index in [9.17, 15) is 8.42 Å². The Bertz CT molecular complexity index is 884. The lowest BCUT2D eigenvalue weighted by molar-refractivity contribution is 0.353. The zero-order valence-corrected chi connectivity index (χ0v) is 16.7. The van der Waals surface area contributed by atoms with Gasteiger partial charge in [0.25, 0.3) is 0 Å². The van der Waals surface area contributed by atoms with Gasteiger partial charge in [-0.05, 0) is 48.4 Å². The highest BCUT2D eigenvalue weighted by atomic mass is 35.5. The average molecular weight is 404 g/mol. The fourth-order valence-electron chi connectivity index (χ4n) is 2.34. The molecule has 136 valence electrons. The van der Waals surface area contributed by atoms with Crippen LogP contribution in [0.25, 0.3) is 0 Å². The minimum atomic E-state index is -3.71. The van der Waals surface area contributed by atoms with Crippen LogP contribution in [0.4, 0.5) is 0 Å². The van der Waals surface area contributed by atoms with Crippen LogP contribution < -0.4 is 9.47 Å².